The zero-order chi connectivity index (χ0) is 15.2. The zero-order valence-corrected chi connectivity index (χ0v) is 13.9. The highest BCUT2D eigenvalue weighted by atomic mass is 32.1. The molecule has 3 nitrogen and oxygen atoms in total. The Balaban J connectivity index is 1.74. The molecule has 1 heterocycles. The van der Waals surface area contributed by atoms with Crippen LogP contribution < -0.4 is 10.5 Å². The molecule has 0 amide bonds. The fourth-order valence-corrected chi connectivity index (χ4v) is 3.14. The fraction of sp³-hybridized carbons (Fsp3) is 0.588. The SMILES string of the molecule is CC1CCN(CCOc2ccc(CC(N)=S)cc2)C(C)C1. The van der Waals surface area contributed by atoms with E-state index in [0.29, 0.717) is 17.5 Å². The fourth-order valence-electron chi connectivity index (χ4n) is 2.97. The van der Waals surface area contributed by atoms with Crippen LogP contribution in [-0.4, -0.2) is 35.6 Å². The van der Waals surface area contributed by atoms with Gasteiger partial charge in [0.25, 0.3) is 0 Å². The molecule has 4 heteroatoms. The van der Waals surface area contributed by atoms with Crippen molar-refractivity contribution < 1.29 is 4.74 Å². The Labute approximate surface area is 133 Å². The van der Waals surface area contributed by atoms with E-state index in [2.05, 4.69) is 18.7 Å². The average molecular weight is 306 g/mol. The number of nitrogens with two attached hydrogens (primary N) is 1. The maximum Gasteiger partial charge on any atom is 0.119 e. The summed E-state index contributed by atoms with van der Waals surface area (Å²) in [5.74, 6) is 1.78. The summed E-state index contributed by atoms with van der Waals surface area (Å²) in [5, 5.41) is 0. The number of hydrogen-bond acceptors (Lipinski definition) is 3. The molecule has 0 aromatic heterocycles. The Morgan fingerprint density at radius 3 is 2.67 bits per heavy atom. The number of ether oxygens (including phenoxy) is 1. The monoisotopic (exact) mass is 306 g/mol. The molecule has 0 saturated carbocycles. The second-order valence-corrected chi connectivity index (χ2v) is 6.67. The lowest BCUT2D eigenvalue weighted by Gasteiger charge is -2.36. The molecule has 1 fully saturated rings. The van der Waals surface area contributed by atoms with Crippen LogP contribution in [0, 0.1) is 5.92 Å². The molecule has 0 aliphatic carbocycles. The quantitative estimate of drug-likeness (QED) is 0.820. The van der Waals surface area contributed by atoms with Gasteiger partial charge in [-0.2, -0.15) is 0 Å². The van der Waals surface area contributed by atoms with E-state index in [4.69, 9.17) is 22.7 Å². The summed E-state index contributed by atoms with van der Waals surface area (Å²) in [6, 6.07) is 8.72. The third-order valence-corrected chi connectivity index (χ3v) is 4.37. The molecule has 1 aliphatic heterocycles. The number of rotatable bonds is 6. The van der Waals surface area contributed by atoms with Gasteiger partial charge in [0.15, 0.2) is 0 Å². The predicted octanol–water partition coefficient (Wildman–Crippen LogP) is 3.01. The normalized spacial score (nSPS) is 23.0. The second kappa shape index (κ2) is 7.76. The largest absolute Gasteiger partial charge is 0.492 e. The second-order valence-electron chi connectivity index (χ2n) is 6.15. The lowest BCUT2D eigenvalue weighted by molar-refractivity contribution is 0.109. The molecular weight excluding hydrogens is 280 g/mol. The van der Waals surface area contributed by atoms with Gasteiger partial charge in [0, 0.05) is 19.0 Å². The van der Waals surface area contributed by atoms with Gasteiger partial charge in [-0.05, 0) is 49.9 Å². The number of likely N-dealkylation sites (tertiary alicyclic amines) is 1. The number of benzene rings is 1. The van der Waals surface area contributed by atoms with Crippen molar-refractivity contribution in [3.05, 3.63) is 29.8 Å². The first-order valence-electron chi connectivity index (χ1n) is 7.78. The minimum Gasteiger partial charge on any atom is -0.492 e. The van der Waals surface area contributed by atoms with Crippen LogP contribution in [0.25, 0.3) is 0 Å². The highest BCUT2D eigenvalue weighted by molar-refractivity contribution is 7.80. The lowest BCUT2D eigenvalue weighted by atomic mass is 9.93. The Morgan fingerprint density at radius 2 is 2.05 bits per heavy atom. The van der Waals surface area contributed by atoms with Gasteiger partial charge in [-0.1, -0.05) is 31.3 Å². The first-order chi connectivity index (χ1) is 10.0. The first-order valence-corrected chi connectivity index (χ1v) is 8.19. The highest BCUT2D eigenvalue weighted by Crippen LogP contribution is 2.21. The van der Waals surface area contributed by atoms with Gasteiger partial charge in [-0.15, -0.1) is 0 Å². The van der Waals surface area contributed by atoms with Crippen molar-refractivity contribution in [1.82, 2.24) is 4.90 Å². The van der Waals surface area contributed by atoms with Crippen molar-refractivity contribution in [1.29, 1.82) is 0 Å². The van der Waals surface area contributed by atoms with Crippen LogP contribution in [0.3, 0.4) is 0 Å². The van der Waals surface area contributed by atoms with E-state index < -0.39 is 0 Å². The van der Waals surface area contributed by atoms with Gasteiger partial charge in [0.05, 0.1) is 4.99 Å². The van der Waals surface area contributed by atoms with Crippen molar-refractivity contribution >= 4 is 17.2 Å². The van der Waals surface area contributed by atoms with Crippen molar-refractivity contribution in [2.24, 2.45) is 11.7 Å². The van der Waals surface area contributed by atoms with Crippen LogP contribution in [0.2, 0.25) is 0 Å². The van der Waals surface area contributed by atoms with Gasteiger partial charge in [-0.3, -0.25) is 4.90 Å². The minimum absolute atomic E-state index is 0.525. The molecule has 2 rings (SSSR count). The Morgan fingerprint density at radius 1 is 1.33 bits per heavy atom. The molecule has 1 aliphatic rings. The molecule has 0 bridgehead atoms. The van der Waals surface area contributed by atoms with E-state index in [1.54, 1.807) is 0 Å². The van der Waals surface area contributed by atoms with E-state index in [1.807, 2.05) is 24.3 Å². The first kappa shape index (κ1) is 16.2. The van der Waals surface area contributed by atoms with Gasteiger partial charge in [-0.25, -0.2) is 0 Å². The van der Waals surface area contributed by atoms with Crippen LogP contribution in [-0.2, 0) is 6.42 Å². The third-order valence-electron chi connectivity index (χ3n) is 4.22. The molecule has 1 saturated heterocycles. The number of nitrogens with zero attached hydrogens (tertiary/aromatic N) is 1. The molecule has 116 valence electrons. The van der Waals surface area contributed by atoms with Crippen LogP contribution >= 0.6 is 12.2 Å². The molecular formula is C17H26N2OS. The minimum atomic E-state index is 0.525. The summed E-state index contributed by atoms with van der Waals surface area (Å²) in [6.45, 7) is 7.60. The van der Waals surface area contributed by atoms with Crippen LogP contribution in [0.1, 0.15) is 32.3 Å². The Hall–Kier alpha value is -1.13. The van der Waals surface area contributed by atoms with Gasteiger partial charge < -0.3 is 10.5 Å². The summed E-state index contributed by atoms with van der Waals surface area (Å²) in [7, 11) is 0. The Kier molecular flexibility index (Phi) is 6.00. The summed E-state index contributed by atoms with van der Waals surface area (Å²) in [5.41, 5.74) is 6.68. The molecule has 0 spiro atoms. The van der Waals surface area contributed by atoms with Crippen LogP contribution in [0.5, 0.6) is 5.75 Å². The summed E-state index contributed by atoms with van der Waals surface area (Å²) < 4.78 is 5.84. The maximum absolute atomic E-state index is 5.84. The van der Waals surface area contributed by atoms with E-state index in [1.165, 1.54) is 19.4 Å². The third kappa shape index (κ3) is 5.29. The summed E-state index contributed by atoms with van der Waals surface area (Å²) >= 11 is 4.91. The maximum atomic E-state index is 5.84. The van der Waals surface area contributed by atoms with E-state index in [9.17, 15) is 0 Å². The van der Waals surface area contributed by atoms with Crippen molar-refractivity contribution in [3.63, 3.8) is 0 Å². The Bertz CT molecular complexity index is 460. The number of piperidine rings is 1. The van der Waals surface area contributed by atoms with Gasteiger partial charge >= 0.3 is 0 Å². The highest BCUT2D eigenvalue weighted by Gasteiger charge is 2.22. The zero-order valence-electron chi connectivity index (χ0n) is 13.0. The molecule has 21 heavy (non-hydrogen) atoms. The van der Waals surface area contributed by atoms with E-state index in [0.717, 1.165) is 30.4 Å². The van der Waals surface area contributed by atoms with Crippen LogP contribution in [0.15, 0.2) is 24.3 Å². The smallest absolute Gasteiger partial charge is 0.119 e. The van der Waals surface area contributed by atoms with E-state index in [-0.39, 0.29) is 0 Å². The molecule has 1 aromatic carbocycles. The molecule has 2 N–H and O–H groups in total. The van der Waals surface area contributed by atoms with Crippen molar-refractivity contribution in [3.8, 4) is 5.75 Å². The van der Waals surface area contributed by atoms with Gasteiger partial charge in [0.1, 0.15) is 12.4 Å². The number of thiocarbonyl (C=S) groups is 1. The van der Waals surface area contributed by atoms with Gasteiger partial charge in [0.2, 0.25) is 0 Å². The van der Waals surface area contributed by atoms with E-state index >= 15 is 0 Å². The summed E-state index contributed by atoms with van der Waals surface area (Å²) in [6.07, 6.45) is 3.25. The number of hydrogen-bond donors (Lipinski definition) is 1. The molecule has 2 unspecified atom stereocenters. The lowest BCUT2D eigenvalue weighted by Crippen LogP contribution is -2.42. The van der Waals surface area contributed by atoms with Crippen LogP contribution in [0.4, 0.5) is 0 Å². The van der Waals surface area contributed by atoms with Crippen molar-refractivity contribution in [2.45, 2.75) is 39.2 Å². The molecule has 2 atom stereocenters. The predicted molar refractivity (Wildman–Crippen MR) is 91.9 cm³/mol. The topological polar surface area (TPSA) is 38.5 Å². The molecule has 1 aromatic rings. The van der Waals surface area contributed by atoms with Crippen molar-refractivity contribution in [2.75, 3.05) is 19.7 Å². The summed E-state index contributed by atoms with van der Waals surface area (Å²) in [4.78, 5) is 3.05. The average Bonchev–Trinajstić information content (AvgIpc) is 2.42. The standard InChI is InChI=1S/C17H26N2OS/c1-13-7-8-19(14(2)11-13)9-10-20-16-5-3-15(4-6-16)12-17(18)21/h3-6,13-14H,7-12H2,1-2H3,(H2,18,21). The molecule has 0 radical (unpaired) electrons.